The van der Waals surface area contributed by atoms with E-state index in [4.69, 9.17) is 14.2 Å². The Labute approximate surface area is 66.2 Å². The zero-order chi connectivity index (χ0) is 8.27. The Morgan fingerprint density at radius 3 is 2.36 bits per heavy atom. The van der Waals surface area contributed by atoms with Gasteiger partial charge in [0.15, 0.2) is 5.76 Å². The molecule has 3 heteroatoms. The minimum absolute atomic E-state index is 0.410. The molecule has 0 aliphatic carbocycles. The van der Waals surface area contributed by atoms with Crippen LogP contribution in [0.2, 0.25) is 0 Å². The third-order valence-corrected chi connectivity index (χ3v) is 1.19. The summed E-state index contributed by atoms with van der Waals surface area (Å²) in [5, 5.41) is 0. The number of hydrogen-bond donors (Lipinski definition) is 0. The van der Waals surface area contributed by atoms with Crippen LogP contribution >= 0.6 is 0 Å². The zero-order valence-electron chi connectivity index (χ0n) is 6.63. The van der Waals surface area contributed by atoms with Crippen LogP contribution in [-0.4, -0.2) is 19.5 Å². The second-order valence-electron chi connectivity index (χ2n) is 2.34. The van der Waals surface area contributed by atoms with Crippen LogP contribution in [0.15, 0.2) is 24.7 Å². The first-order chi connectivity index (χ1) is 5.20. The van der Waals surface area contributed by atoms with Crippen molar-refractivity contribution in [3.05, 3.63) is 24.7 Å². The monoisotopic (exact) mass is 156 g/mol. The quantitative estimate of drug-likeness (QED) is 0.578. The van der Waals surface area contributed by atoms with Crippen molar-refractivity contribution in [3.63, 3.8) is 0 Å². The summed E-state index contributed by atoms with van der Waals surface area (Å²) >= 11 is 0. The van der Waals surface area contributed by atoms with Gasteiger partial charge in [0.25, 0.3) is 0 Å². The fourth-order valence-electron chi connectivity index (χ4n) is 0.816. The molecule has 11 heavy (non-hydrogen) atoms. The molecule has 1 aliphatic rings. The second kappa shape index (κ2) is 3.55. The van der Waals surface area contributed by atoms with Crippen LogP contribution in [-0.2, 0) is 14.2 Å². The highest BCUT2D eigenvalue weighted by molar-refractivity contribution is 4.94. The largest absolute Gasteiger partial charge is 0.462 e. The molecule has 0 aromatic heterocycles. The van der Waals surface area contributed by atoms with Gasteiger partial charge in [0.05, 0.1) is 19.0 Å². The lowest BCUT2D eigenvalue weighted by Crippen LogP contribution is -2.12. The van der Waals surface area contributed by atoms with Crippen molar-refractivity contribution >= 4 is 0 Å². The Balaban J connectivity index is 2.34. The molecule has 3 nitrogen and oxygen atoms in total. The van der Waals surface area contributed by atoms with Crippen LogP contribution in [0.1, 0.15) is 6.92 Å². The van der Waals surface area contributed by atoms with Crippen LogP contribution in [0, 0.1) is 0 Å². The Kier molecular flexibility index (Phi) is 2.68. The summed E-state index contributed by atoms with van der Waals surface area (Å²) < 4.78 is 15.4. The molecule has 0 radical (unpaired) electrons. The molecule has 0 spiro atoms. The molecule has 1 rings (SSSR count). The highest BCUT2D eigenvalue weighted by Gasteiger charge is 2.20. The van der Waals surface area contributed by atoms with Crippen molar-refractivity contribution in [2.75, 3.05) is 13.2 Å². The first-order valence-electron chi connectivity index (χ1n) is 3.45. The molecule has 0 atom stereocenters. The summed E-state index contributed by atoms with van der Waals surface area (Å²) in [6, 6.07) is 0. The Bertz CT molecular complexity index is 168. The minimum Gasteiger partial charge on any atom is -0.462 e. The summed E-state index contributed by atoms with van der Waals surface area (Å²) in [5.74, 6) is 1.06. The van der Waals surface area contributed by atoms with Crippen molar-refractivity contribution in [1.29, 1.82) is 0 Å². The van der Waals surface area contributed by atoms with Crippen molar-refractivity contribution in [3.8, 4) is 0 Å². The van der Waals surface area contributed by atoms with E-state index in [0.717, 1.165) is 0 Å². The average molecular weight is 156 g/mol. The molecule has 0 unspecified atom stereocenters. The van der Waals surface area contributed by atoms with E-state index >= 15 is 0 Å². The molecule has 1 aliphatic heterocycles. The lowest BCUT2D eigenvalue weighted by atomic mass is 10.5. The molecule has 0 amide bonds. The lowest BCUT2D eigenvalue weighted by Gasteiger charge is -2.12. The van der Waals surface area contributed by atoms with Crippen LogP contribution in [0.5, 0.6) is 0 Å². The van der Waals surface area contributed by atoms with Crippen LogP contribution in [0.4, 0.5) is 0 Å². The van der Waals surface area contributed by atoms with Gasteiger partial charge in [0.2, 0.25) is 6.29 Å². The Morgan fingerprint density at radius 2 is 1.91 bits per heavy atom. The average Bonchev–Trinajstić information content (AvgIpc) is 2.35. The maximum atomic E-state index is 5.13. The van der Waals surface area contributed by atoms with Crippen LogP contribution in [0.25, 0.3) is 0 Å². The van der Waals surface area contributed by atoms with Gasteiger partial charge in [-0.3, -0.25) is 0 Å². The van der Waals surface area contributed by atoms with Crippen LogP contribution < -0.4 is 0 Å². The van der Waals surface area contributed by atoms with E-state index in [-0.39, 0.29) is 0 Å². The predicted octanol–water partition coefficient (Wildman–Crippen LogP) is 1.42. The number of ether oxygens (including phenoxy) is 3. The normalized spacial score (nSPS) is 18.3. The smallest absolute Gasteiger partial charge is 0.216 e. The van der Waals surface area contributed by atoms with E-state index in [9.17, 15) is 0 Å². The van der Waals surface area contributed by atoms with Gasteiger partial charge in [-0.25, -0.2) is 0 Å². The minimum atomic E-state index is -0.410. The molecular formula is C8H12O3. The van der Waals surface area contributed by atoms with Gasteiger partial charge in [-0.05, 0) is 6.92 Å². The maximum Gasteiger partial charge on any atom is 0.216 e. The highest BCUT2D eigenvalue weighted by atomic mass is 16.7. The molecule has 0 aromatic carbocycles. The summed E-state index contributed by atoms with van der Waals surface area (Å²) in [6.45, 7) is 10.2. The summed E-state index contributed by atoms with van der Waals surface area (Å²) in [7, 11) is 0. The van der Waals surface area contributed by atoms with E-state index in [0.29, 0.717) is 24.7 Å². The number of rotatable bonds is 3. The highest BCUT2D eigenvalue weighted by Crippen LogP contribution is 2.15. The topological polar surface area (TPSA) is 27.7 Å². The zero-order valence-corrected chi connectivity index (χ0v) is 6.63. The van der Waals surface area contributed by atoms with Crippen LogP contribution in [0.3, 0.4) is 0 Å². The van der Waals surface area contributed by atoms with Crippen molar-refractivity contribution in [2.45, 2.75) is 13.2 Å². The summed E-state index contributed by atoms with van der Waals surface area (Å²) in [6.07, 6.45) is -0.410. The van der Waals surface area contributed by atoms with E-state index < -0.39 is 6.29 Å². The summed E-state index contributed by atoms with van der Waals surface area (Å²) in [4.78, 5) is 0. The van der Waals surface area contributed by atoms with Gasteiger partial charge in [-0.1, -0.05) is 13.2 Å². The molecule has 1 saturated heterocycles. The standard InChI is InChI=1S/C8H12O3/c1-6(2)11-7(3)8-9-4-5-10-8/h8H,1,3-5H2,2H3. The first kappa shape index (κ1) is 8.30. The van der Waals surface area contributed by atoms with E-state index in [1.807, 2.05) is 0 Å². The van der Waals surface area contributed by atoms with Crippen molar-refractivity contribution < 1.29 is 14.2 Å². The SMILES string of the molecule is C=C(C)OC(=C)C1OCCO1. The fraction of sp³-hybridized carbons (Fsp3) is 0.500. The Hall–Kier alpha value is -0.800. The van der Waals surface area contributed by atoms with E-state index in [1.165, 1.54) is 0 Å². The molecule has 0 aromatic rings. The molecule has 0 N–H and O–H groups in total. The number of allylic oxidation sites excluding steroid dienone is 1. The second-order valence-corrected chi connectivity index (χ2v) is 2.34. The molecule has 0 bridgehead atoms. The molecule has 1 heterocycles. The number of hydrogen-bond acceptors (Lipinski definition) is 3. The van der Waals surface area contributed by atoms with Gasteiger partial charge in [-0.2, -0.15) is 0 Å². The molecule has 1 fully saturated rings. The third kappa shape index (κ3) is 2.37. The van der Waals surface area contributed by atoms with Crippen molar-refractivity contribution in [2.24, 2.45) is 0 Å². The third-order valence-electron chi connectivity index (χ3n) is 1.19. The molecule has 62 valence electrons. The first-order valence-corrected chi connectivity index (χ1v) is 3.45. The lowest BCUT2D eigenvalue weighted by molar-refractivity contribution is -0.0427. The maximum absolute atomic E-state index is 5.13. The summed E-state index contributed by atoms with van der Waals surface area (Å²) in [5.41, 5.74) is 0. The molecule has 0 saturated carbocycles. The van der Waals surface area contributed by atoms with E-state index in [1.54, 1.807) is 6.92 Å². The van der Waals surface area contributed by atoms with Gasteiger partial charge in [0.1, 0.15) is 0 Å². The van der Waals surface area contributed by atoms with Gasteiger partial charge >= 0.3 is 0 Å². The van der Waals surface area contributed by atoms with Gasteiger partial charge in [-0.15, -0.1) is 0 Å². The van der Waals surface area contributed by atoms with Crippen molar-refractivity contribution in [1.82, 2.24) is 0 Å². The van der Waals surface area contributed by atoms with Gasteiger partial charge in [0, 0.05) is 0 Å². The fourth-order valence-corrected chi connectivity index (χ4v) is 0.816. The molecular weight excluding hydrogens is 144 g/mol. The Morgan fingerprint density at radius 1 is 1.36 bits per heavy atom. The van der Waals surface area contributed by atoms with E-state index in [2.05, 4.69) is 13.2 Å². The predicted molar refractivity (Wildman–Crippen MR) is 40.7 cm³/mol. The van der Waals surface area contributed by atoms with Gasteiger partial charge < -0.3 is 14.2 Å².